The molecule has 1 atom stereocenters. The van der Waals surface area contributed by atoms with E-state index in [1.54, 1.807) is 19.2 Å². The normalized spacial score (nSPS) is 12.6. The van der Waals surface area contributed by atoms with Gasteiger partial charge in [-0.05, 0) is 81.1 Å². The fraction of sp³-hybridized carbons (Fsp3) is 0.429. The van der Waals surface area contributed by atoms with Crippen LogP contribution in [0.2, 0.25) is 5.02 Å². The summed E-state index contributed by atoms with van der Waals surface area (Å²) in [6, 6.07) is 13.2. The van der Waals surface area contributed by atoms with Gasteiger partial charge < -0.3 is 24.6 Å². The molecule has 0 bridgehead atoms. The molecule has 3 aromatic rings. The van der Waals surface area contributed by atoms with Crippen LogP contribution in [0.3, 0.4) is 0 Å². The van der Waals surface area contributed by atoms with E-state index in [1.807, 2.05) is 58.0 Å². The smallest absolute Gasteiger partial charge is 0.337 e. The molecule has 0 radical (unpaired) electrons. The number of nitrogens with zero attached hydrogens (tertiary/aromatic N) is 1. The number of ether oxygens (including phenoxy) is 3. The highest BCUT2D eigenvalue weighted by molar-refractivity contribution is 6.30. The molecule has 0 amide bonds. The average molecular weight is 515 g/mol. The quantitative estimate of drug-likeness (QED) is 0.275. The summed E-state index contributed by atoms with van der Waals surface area (Å²) in [7, 11) is 1.65. The highest BCUT2D eigenvalue weighted by atomic mass is 35.5. The first-order chi connectivity index (χ1) is 17.1. The summed E-state index contributed by atoms with van der Waals surface area (Å²) in [6.07, 6.45) is -0.307. The molecular formula is C28H35ClN2O5. The van der Waals surface area contributed by atoms with E-state index in [2.05, 4.69) is 5.32 Å². The Kier molecular flexibility index (Phi) is 9.68. The summed E-state index contributed by atoms with van der Waals surface area (Å²) in [5, 5.41) is 14.9. The van der Waals surface area contributed by atoms with Crippen molar-refractivity contribution in [2.24, 2.45) is 0 Å². The number of hydrogen-bond acceptors (Lipinski definition) is 6. The van der Waals surface area contributed by atoms with Gasteiger partial charge in [0.2, 0.25) is 0 Å². The lowest BCUT2D eigenvalue weighted by molar-refractivity contribution is -0.160. The van der Waals surface area contributed by atoms with Gasteiger partial charge in [-0.15, -0.1) is 0 Å². The Labute approximate surface area is 217 Å². The first-order valence-corrected chi connectivity index (χ1v) is 12.4. The van der Waals surface area contributed by atoms with Crippen LogP contribution in [-0.4, -0.2) is 55.1 Å². The molecule has 0 aliphatic carbocycles. The zero-order valence-electron chi connectivity index (χ0n) is 21.6. The molecular weight excluding hydrogens is 480 g/mol. The van der Waals surface area contributed by atoms with Crippen molar-refractivity contribution in [1.29, 1.82) is 0 Å². The second-order valence-corrected chi connectivity index (χ2v) is 10.0. The molecule has 0 fully saturated rings. The number of carboxylic acids is 1. The Morgan fingerprint density at radius 3 is 2.47 bits per heavy atom. The molecule has 194 valence electrons. The van der Waals surface area contributed by atoms with Crippen LogP contribution in [0.5, 0.6) is 0 Å². The third kappa shape index (κ3) is 7.40. The van der Waals surface area contributed by atoms with Crippen molar-refractivity contribution in [3.05, 3.63) is 58.6 Å². The number of fused-ring (bicyclic) bond motifs is 1. The third-order valence-electron chi connectivity index (χ3n) is 5.54. The average Bonchev–Trinajstić information content (AvgIpc) is 2.81. The maximum Gasteiger partial charge on any atom is 0.337 e. The molecule has 7 nitrogen and oxygen atoms in total. The van der Waals surface area contributed by atoms with Crippen molar-refractivity contribution in [2.45, 2.75) is 45.8 Å². The van der Waals surface area contributed by atoms with Gasteiger partial charge in [-0.1, -0.05) is 23.7 Å². The fourth-order valence-corrected chi connectivity index (χ4v) is 4.13. The monoisotopic (exact) mass is 514 g/mol. The number of carboxylic acid groups (broad SMARTS) is 1. The van der Waals surface area contributed by atoms with E-state index in [4.69, 9.17) is 30.8 Å². The van der Waals surface area contributed by atoms with E-state index in [-0.39, 0.29) is 0 Å². The van der Waals surface area contributed by atoms with Gasteiger partial charge in [0, 0.05) is 36.2 Å². The molecule has 3 rings (SSSR count). The zero-order valence-corrected chi connectivity index (χ0v) is 22.3. The number of aryl methyl sites for hydroxylation is 1. The minimum Gasteiger partial charge on any atom is -0.479 e. The van der Waals surface area contributed by atoms with Crippen molar-refractivity contribution in [1.82, 2.24) is 4.98 Å². The van der Waals surface area contributed by atoms with Gasteiger partial charge in [0.25, 0.3) is 0 Å². The second-order valence-electron chi connectivity index (χ2n) is 9.59. The molecule has 1 aromatic heterocycles. The van der Waals surface area contributed by atoms with Crippen molar-refractivity contribution in [2.75, 3.05) is 38.8 Å². The van der Waals surface area contributed by atoms with Gasteiger partial charge >= 0.3 is 5.97 Å². The minimum atomic E-state index is -1.14. The zero-order chi connectivity index (χ0) is 26.3. The highest BCUT2D eigenvalue weighted by Gasteiger charge is 2.31. The summed E-state index contributed by atoms with van der Waals surface area (Å²) in [5.74, 6) is -0.295. The standard InChI is InChI=1S/C28H35ClN2O5/c1-18-17-22-21(11-12-23(31-22)30-13-6-14-35-16-15-34-5)25(19-7-9-20(29)10-8-19)24(18)26(27(32)33)36-28(2,3)4/h7-12,17,26H,6,13-16H2,1-5H3,(H,30,31)(H,32,33). The SMILES string of the molecule is COCCOCCCNc1ccc2c(-c3ccc(Cl)cc3)c(C(OC(C)(C)C)C(=O)O)c(C)cc2n1. The third-order valence-corrected chi connectivity index (χ3v) is 5.79. The number of carbonyl (C=O) groups is 1. The molecule has 2 aromatic carbocycles. The largest absolute Gasteiger partial charge is 0.479 e. The van der Waals surface area contributed by atoms with Crippen LogP contribution >= 0.6 is 11.6 Å². The Bertz CT molecular complexity index is 1180. The number of pyridine rings is 1. The van der Waals surface area contributed by atoms with Gasteiger partial charge in [-0.3, -0.25) is 0 Å². The van der Waals surface area contributed by atoms with Crippen LogP contribution in [0.4, 0.5) is 5.82 Å². The first kappa shape index (κ1) is 27.9. The van der Waals surface area contributed by atoms with Crippen LogP contribution in [0.15, 0.2) is 42.5 Å². The predicted molar refractivity (Wildman–Crippen MR) is 144 cm³/mol. The number of nitrogens with one attached hydrogen (secondary N) is 1. The van der Waals surface area contributed by atoms with E-state index in [9.17, 15) is 9.90 Å². The van der Waals surface area contributed by atoms with Crippen LogP contribution in [0.1, 0.15) is 44.4 Å². The van der Waals surface area contributed by atoms with Crippen molar-refractivity contribution in [3.63, 3.8) is 0 Å². The summed E-state index contributed by atoms with van der Waals surface area (Å²) in [5.41, 5.74) is 3.15. The Balaban J connectivity index is 2.01. The molecule has 0 saturated carbocycles. The van der Waals surface area contributed by atoms with E-state index >= 15 is 0 Å². The van der Waals surface area contributed by atoms with Gasteiger partial charge in [0.15, 0.2) is 6.10 Å². The number of aliphatic carboxylic acids is 1. The topological polar surface area (TPSA) is 89.9 Å². The van der Waals surface area contributed by atoms with Crippen molar-refractivity contribution in [3.8, 4) is 11.1 Å². The van der Waals surface area contributed by atoms with Crippen LogP contribution in [0.25, 0.3) is 22.0 Å². The van der Waals surface area contributed by atoms with E-state index in [1.165, 1.54) is 0 Å². The van der Waals surface area contributed by atoms with Crippen LogP contribution in [-0.2, 0) is 19.0 Å². The molecule has 1 heterocycles. The van der Waals surface area contributed by atoms with E-state index < -0.39 is 17.7 Å². The number of aromatic nitrogens is 1. The van der Waals surface area contributed by atoms with Gasteiger partial charge in [-0.2, -0.15) is 0 Å². The first-order valence-electron chi connectivity index (χ1n) is 12.0. The number of hydrogen-bond donors (Lipinski definition) is 2. The number of anilines is 1. The minimum absolute atomic E-state index is 0.579. The van der Waals surface area contributed by atoms with Gasteiger partial charge in [-0.25, -0.2) is 9.78 Å². The summed E-state index contributed by atoms with van der Waals surface area (Å²) < 4.78 is 16.5. The second kappa shape index (κ2) is 12.5. The molecule has 36 heavy (non-hydrogen) atoms. The van der Waals surface area contributed by atoms with Gasteiger partial charge in [0.1, 0.15) is 5.82 Å². The van der Waals surface area contributed by atoms with E-state index in [0.717, 1.165) is 39.8 Å². The molecule has 1 unspecified atom stereocenters. The molecule has 2 N–H and O–H groups in total. The highest BCUT2D eigenvalue weighted by Crippen LogP contribution is 2.40. The Morgan fingerprint density at radius 1 is 1.11 bits per heavy atom. The predicted octanol–water partition coefficient (Wildman–Crippen LogP) is 6.27. The molecule has 8 heteroatoms. The van der Waals surface area contributed by atoms with Crippen molar-refractivity contribution >= 4 is 34.3 Å². The summed E-state index contributed by atoms with van der Waals surface area (Å²) >= 11 is 6.15. The van der Waals surface area contributed by atoms with Crippen LogP contribution < -0.4 is 5.32 Å². The Hall–Kier alpha value is -2.71. The fourth-order valence-electron chi connectivity index (χ4n) is 4.01. The molecule has 0 saturated heterocycles. The lowest BCUT2D eigenvalue weighted by Gasteiger charge is -2.28. The van der Waals surface area contributed by atoms with Gasteiger partial charge in [0.05, 0.1) is 24.3 Å². The lowest BCUT2D eigenvalue weighted by atomic mass is 9.88. The maximum absolute atomic E-state index is 12.4. The number of halogens is 1. The van der Waals surface area contributed by atoms with Crippen molar-refractivity contribution < 1.29 is 24.1 Å². The number of rotatable bonds is 12. The van der Waals surface area contributed by atoms with E-state index in [0.29, 0.717) is 37.0 Å². The molecule has 0 spiro atoms. The molecule has 0 aliphatic rings. The Morgan fingerprint density at radius 2 is 1.83 bits per heavy atom. The van der Waals surface area contributed by atoms with Crippen LogP contribution in [0, 0.1) is 6.92 Å². The number of methoxy groups -OCH3 is 1. The maximum atomic E-state index is 12.4. The lowest BCUT2D eigenvalue weighted by Crippen LogP contribution is -2.28. The summed E-state index contributed by atoms with van der Waals surface area (Å²) in [4.78, 5) is 17.2. The summed E-state index contributed by atoms with van der Waals surface area (Å²) in [6.45, 7) is 9.96. The number of benzene rings is 2. The molecule has 0 aliphatic heterocycles.